The third-order valence-corrected chi connectivity index (χ3v) is 7.81. The van der Waals surface area contributed by atoms with Gasteiger partial charge >= 0.3 is 0 Å². The van der Waals surface area contributed by atoms with E-state index >= 15 is 0 Å². The number of aryl methyl sites for hydroxylation is 1. The third-order valence-electron chi connectivity index (χ3n) is 5.75. The number of nitrogens with one attached hydrogen (secondary N) is 1. The molecule has 0 aliphatic carbocycles. The van der Waals surface area contributed by atoms with E-state index in [4.69, 9.17) is 4.42 Å². The van der Waals surface area contributed by atoms with Crippen LogP contribution in [0.1, 0.15) is 26.2 Å². The lowest BCUT2D eigenvalue weighted by Crippen LogP contribution is -2.31. The van der Waals surface area contributed by atoms with Crippen molar-refractivity contribution in [3.05, 3.63) is 48.4 Å². The van der Waals surface area contributed by atoms with Crippen molar-refractivity contribution in [2.24, 2.45) is 5.92 Å². The van der Waals surface area contributed by atoms with E-state index in [1.54, 1.807) is 51.1 Å². The molecule has 0 radical (unpaired) electrons. The molecule has 9 nitrogen and oxygen atoms in total. The molecular formula is C23H26N4O5S. The van der Waals surface area contributed by atoms with Gasteiger partial charge in [0.2, 0.25) is 21.8 Å². The van der Waals surface area contributed by atoms with Gasteiger partial charge in [-0.3, -0.25) is 9.59 Å². The molecule has 0 bridgehead atoms. The number of sulfonamides is 1. The Bertz CT molecular complexity index is 1300. The summed E-state index contributed by atoms with van der Waals surface area (Å²) in [7, 11) is -3.57. The predicted octanol–water partition coefficient (Wildman–Crippen LogP) is 3.16. The minimum atomic E-state index is -3.57. The second kappa shape index (κ2) is 8.95. The van der Waals surface area contributed by atoms with Gasteiger partial charge in [-0.05, 0) is 42.5 Å². The maximum absolute atomic E-state index is 12.8. The first-order chi connectivity index (χ1) is 15.7. The molecular weight excluding hydrogens is 444 g/mol. The number of carbonyl (C=O) groups is 2. The van der Waals surface area contributed by atoms with Crippen molar-refractivity contribution >= 4 is 44.3 Å². The Morgan fingerprint density at radius 1 is 1.18 bits per heavy atom. The Morgan fingerprint density at radius 2 is 1.88 bits per heavy atom. The Balaban J connectivity index is 1.45. The normalized spacial score (nSPS) is 16.7. The maximum atomic E-state index is 12.8. The Labute approximate surface area is 192 Å². The van der Waals surface area contributed by atoms with Crippen LogP contribution >= 0.6 is 0 Å². The Kier molecular flexibility index (Phi) is 6.22. The van der Waals surface area contributed by atoms with E-state index in [9.17, 15) is 18.0 Å². The molecule has 10 heteroatoms. The summed E-state index contributed by atoms with van der Waals surface area (Å²) in [5, 5.41) is 2.85. The first kappa shape index (κ1) is 22.9. The van der Waals surface area contributed by atoms with Crippen LogP contribution < -0.4 is 10.2 Å². The fourth-order valence-electron chi connectivity index (χ4n) is 4.01. The number of nitrogens with zero attached hydrogens (tertiary/aromatic N) is 3. The molecule has 0 saturated carbocycles. The van der Waals surface area contributed by atoms with Crippen LogP contribution in [-0.2, 0) is 19.6 Å². The lowest BCUT2D eigenvalue weighted by atomic mass is 10.1. The van der Waals surface area contributed by atoms with Gasteiger partial charge in [-0.1, -0.05) is 13.8 Å². The van der Waals surface area contributed by atoms with Crippen molar-refractivity contribution in [3.63, 3.8) is 0 Å². The van der Waals surface area contributed by atoms with E-state index in [1.807, 2.05) is 0 Å². The number of rotatable bonds is 7. The molecule has 33 heavy (non-hydrogen) atoms. The van der Waals surface area contributed by atoms with Crippen LogP contribution in [0.5, 0.6) is 0 Å². The minimum Gasteiger partial charge on any atom is -0.441 e. The molecule has 1 aliphatic heterocycles. The molecule has 4 rings (SSSR count). The molecule has 0 spiro atoms. The summed E-state index contributed by atoms with van der Waals surface area (Å²) in [6.07, 6.45) is 0.0800. The lowest BCUT2D eigenvalue weighted by molar-refractivity contribution is -0.122. The SMILES string of the molecule is CCN(CC)S(=O)(=O)c1ccc(N2CC(C(=O)Nc3ccc4oc(C)nc4c3)CC2=O)cc1. The van der Waals surface area contributed by atoms with Crippen LogP contribution in [0.25, 0.3) is 11.1 Å². The van der Waals surface area contributed by atoms with E-state index in [0.29, 0.717) is 41.5 Å². The first-order valence-corrected chi connectivity index (χ1v) is 12.3. The monoisotopic (exact) mass is 470 g/mol. The molecule has 1 fully saturated rings. The van der Waals surface area contributed by atoms with E-state index < -0.39 is 15.9 Å². The molecule has 2 aromatic carbocycles. The lowest BCUT2D eigenvalue weighted by Gasteiger charge is -2.20. The molecule has 2 amide bonds. The van der Waals surface area contributed by atoms with Crippen molar-refractivity contribution < 1.29 is 22.4 Å². The van der Waals surface area contributed by atoms with Gasteiger partial charge < -0.3 is 14.6 Å². The van der Waals surface area contributed by atoms with Crippen LogP contribution in [0.15, 0.2) is 51.8 Å². The van der Waals surface area contributed by atoms with Crippen LogP contribution in [0.3, 0.4) is 0 Å². The molecule has 3 aromatic rings. The summed E-state index contributed by atoms with van der Waals surface area (Å²) in [4.78, 5) is 31.3. The Hall–Kier alpha value is -3.24. The van der Waals surface area contributed by atoms with Gasteiger partial charge in [0.15, 0.2) is 11.5 Å². The quantitative estimate of drug-likeness (QED) is 0.568. The van der Waals surface area contributed by atoms with Crippen molar-refractivity contribution in [1.82, 2.24) is 9.29 Å². The average molecular weight is 471 g/mol. The van der Waals surface area contributed by atoms with Crippen LogP contribution in [0.2, 0.25) is 0 Å². The van der Waals surface area contributed by atoms with Crippen LogP contribution in [0, 0.1) is 12.8 Å². The number of hydrogen-bond donors (Lipinski definition) is 1. The first-order valence-electron chi connectivity index (χ1n) is 10.8. The number of fused-ring (bicyclic) bond motifs is 1. The fraction of sp³-hybridized carbons (Fsp3) is 0.348. The van der Waals surface area contributed by atoms with E-state index in [2.05, 4.69) is 10.3 Å². The zero-order valence-electron chi connectivity index (χ0n) is 18.7. The highest BCUT2D eigenvalue weighted by Crippen LogP contribution is 2.28. The van der Waals surface area contributed by atoms with Crippen molar-refractivity contribution in [3.8, 4) is 0 Å². The van der Waals surface area contributed by atoms with Crippen molar-refractivity contribution in [2.45, 2.75) is 32.1 Å². The molecule has 2 heterocycles. The van der Waals surface area contributed by atoms with Gasteiger partial charge in [0, 0.05) is 44.4 Å². The minimum absolute atomic E-state index is 0.0800. The average Bonchev–Trinajstić information content (AvgIpc) is 3.36. The molecule has 1 saturated heterocycles. The summed E-state index contributed by atoms with van der Waals surface area (Å²) in [6.45, 7) is 6.31. The van der Waals surface area contributed by atoms with Gasteiger partial charge in [0.05, 0.1) is 10.8 Å². The summed E-state index contributed by atoms with van der Waals surface area (Å²) >= 11 is 0. The van der Waals surface area contributed by atoms with Crippen molar-refractivity contribution in [2.75, 3.05) is 29.9 Å². The highest BCUT2D eigenvalue weighted by Gasteiger charge is 2.35. The highest BCUT2D eigenvalue weighted by molar-refractivity contribution is 7.89. The van der Waals surface area contributed by atoms with Gasteiger partial charge in [0.1, 0.15) is 5.52 Å². The molecule has 1 N–H and O–H groups in total. The van der Waals surface area contributed by atoms with Gasteiger partial charge in [0.25, 0.3) is 0 Å². The summed E-state index contributed by atoms with van der Waals surface area (Å²) in [6, 6.07) is 11.4. The third kappa shape index (κ3) is 4.49. The summed E-state index contributed by atoms with van der Waals surface area (Å²) < 4.78 is 32.2. The standard InChI is InChI=1S/C23H26N4O5S/c1-4-26(5-2)33(30,31)19-9-7-18(8-10-19)27-14-16(12-22(27)28)23(29)25-17-6-11-21-20(13-17)24-15(3)32-21/h6-11,13,16H,4-5,12,14H2,1-3H3,(H,25,29). The number of hydrogen-bond acceptors (Lipinski definition) is 6. The van der Waals surface area contributed by atoms with Gasteiger partial charge in [-0.25, -0.2) is 13.4 Å². The molecule has 1 aliphatic rings. The zero-order valence-corrected chi connectivity index (χ0v) is 19.6. The molecule has 1 aromatic heterocycles. The second-order valence-corrected chi connectivity index (χ2v) is 9.83. The Morgan fingerprint density at radius 3 is 2.55 bits per heavy atom. The van der Waals surface area contributed by atoms with Crippen molar-refractivity contribution in [1.29, 1.82) is 0 Å². The topological polar surface area (TPSA) is 113 Å². The fourth-order valence-corrected chi connectivity index (χ4v) is 5.47. The van der Waals surface area contributed by atoms with Gasteiger partial charge in [-0.2, -0.15) is 4.31 Å². The largest absolute Gasteiger partial charge is 0.441 e. The number of anilines is 2. The smallest absolute Gasteiger partial charge is 0.243 e. The highest BCUT2D eigenvalue weighted by atomic mass is 32.2. The van der Waals surface area contributed by atoms with E-state index in [0.717, 1.165) is 0 Å². The number of oxazole rings is 1. The zero-order chi connectivity index (χ0) is 23.8. The molecule has 1 atom stereocenters. The van der Waals surface area contributed by atoms with E-state index in [1.165, 1.54) is 21.3 Å². The predicted molar refractivity (Wildman–Crippen MR) is 124 cm³/mol. The maximum Gasteiger partial charge on any atom is 0.243 e. The summed E-state index contributed by atoms with van der Waals surface area (Å²) in [5.41, 5.74) is 2.43. The second-order valence-electron chi connectivity index (χ2n) is 7.89. The number of carbonyl (C=O) groups excluding carboxylic acids is 2. The number of aromatic nitrogens is 1. The number of benzene rings is 2. The van der Waals surface area contributed by atoms with Crippen LogP contribution in [-0.4, -0.2) is 49.2 Å². The number of amides is 2. The molecule has 174 valence electrons. The van der Waals surface area contributed by atoms with Gasteiger partial charge in [-0.15, -0.1) is 0 Å². The van der Waals surface area contributed by atoms with E-state index in [-0.39, 0.29) is 29.7 Å². The molecule has 1 unspecified atom stereocenters. The van der Waals surface area contributed by atoms with Crippen LogP contribution in [0.4, 0.5) is 11.4 Å². The summed E-state index contributed by atoms with van der Waals surface area (Å²) in [5.74, 6) is -0.420.